The van der Waals surface area contributed by atoms with Gasteiger partial charge in [0.25, 0.3) is 0 Å². The summed E-state index contributed by atoms with van der Waals surface area (Å²) in [4.78, 5) is 0. The minimum Gasteiger partial charge on any atom is -0.506 e. The number of fused-ring (bicyclic) bond motifs is 1. The minimum atomic E-state index is -0.216. The molecule has 0 spiro atoms. The second-order valence-corrected chi connectivity index (χ2v) is 5.17. The highest BCUT2D eigenvalue weighted by Crippen LogP contribution is 2.60. The maximum absolute atomic E-state index is 10.2. The normalized spacial score (nSPS) is 21.4. The maximum atomic E-state index is 10.2. The van der Waals surface area contributed by atoms with Gasteiger partial charge in [0.1, 0.15) is 5.75 Å². The van der Waals surface area contributed by atoms with Crippen LogP contribution in [0, 0.1) is 0 Å². The topological polar surface area (TPSA) is 64.7 Å². The van der Waals surface area contributed by atoms with Crippen LogP contribution in [0.25, 0.3) is 0 Å². The van der Waals surface area contributed by atoms with Gasteiger partial charge in [-0.2, -0.15) is 0 Å². The van der Waals surface area contributed by atoms with Crippen molar-refractivity contribution in [3.63, 3.8) is 0 Å². The quantitative estimate of drug-likeness (QED) is 0.850. The lowest BCUT2D eigenvalue weighted by molar-refractivity contribution is 0.172. The van der Waals surface area contributed by atoms with Gasteiger partial charge in [0.15, 0.2) is 11.5 Å². The van der Waals surface area contributed by atoms with Gasteiger partial charge in [0.2, 0.25) is 6.79 Å². The van der Waals surface area contributed by atoms with E-state index in [1.54, 1.807) is 6.07 Å². The van der Waals surface area contributed by atoms with Crippen molar-refractivity contribution in [2.45, 2.75) is 31.2 Å². The smallest absolute Gasteiger partial charge is 0.231 e. The number of benzene rings is 1. The second kappa shape index (κ2) is 3.43. The van der Waals surface area contributed by atoms with E-state index in [9.17, 15) is 5.11 Å². The van der Waals surface area contributed by atoms with Crippen molar-refractivity contribution >= 4 is 11.6 Å². The molecule has 1 aliphatic heterocycles. The molecule has 92 valence electrons. The van der Waals surface area contributed by atoms with Crippen LogP contribution in [-0.4, -0.2) is 17.9 Å². The summed E-state index contributed by atoms with van der Waals surface area (Å²) in [7, 11) is 0. The molecule has 1 aromatic carbocycles. The number of rotatable bonds is 2. The van der Waals surface area contributed by atoms with Crippen LogP contribution < -0.4 is 15.2 Å². The van der Waals surface area contributed by atoms with Crippen LogP contribution in [0.4, 0.5) is 0 Å². The van der Waals surface area contributed by atoms with Crippen molar-refractivity contribution in [2.24, 2.45) is 5.73 Å². The predicted octanol–water partition coefficient (Wildman–Crippen LogP) is 2.15. The first-order valence-electron chi connectivity index (χ1n) is 5.63. The first kappa shape index (κ1) is 11.0. The standard InChI is InChI=1S/C12H14ClNO3/c1-6(14)12(2-3-12)9-10(15)7(13)4-8-11(9)17-5-16-8/h4,6,15H,2-3,5,14H2,1H3. The van der Waals surface area contributed by atoms with Gasteiger partial charge in [-0.3, -0.25) is 0 Å². The molecule has 3 rings (SSSR count). The predicted molar refractivity (Wildman–Crippen MR) is 63.8 cm³/mol. The van der Waals surface area contributed by atoms with Crippen LogP contribution in [0.15, 0.2) is 6.07 Å². The molecule has 4 nitrogen and oxygen atoms in total. The third-order valence-electron chi connectivity index (χ3n) is 3.75. The van der Waals surface area contributed by atoms with Crippen LogP contribution in [-0.2, 0) is 5.41 Å². The van der Waals surface area contributed by atoms with E-state index in [4.69, 9.17) is 26.8 Å². The number of hydrogen-bond donors (Lipinski definition) is 2. The van der Waals surface area contributed by atoms with Gasteiger partial charge in [-0.25, -0.2) is 0 Å². The van der Waals surface area contributed by atoms with Gasteiger partial charge in [-0.05, 0) is 19.8 Å². The summed E-state index contributed by atoms with van der Waals surface area (Å²) < 4.78 is 10.8. The van der Waals surface area contributed by atoms with E-state index in [-0.39, 0.29) is 29.0 Å². The Morgan fingerprint density at radius 1 is 1.47 bits per heavy atom. The lowest BCUT2D eigenvalue weighted by Crippen LogP contribution is -2.31. The van der Waals surface area contributed by atoms with Crippen LogP contribution in [0.5, 0.6) is 17.2 Å². The molecule has 0 saturated heterocycles. The SMILES string of the molecule is CC(N)C1(c2c(O)c(Cl)cc3c2OCO3)CC1. The molecule has 1 saturated carbocycles. The van der Waals surface area contributed by atoms with Crippen LogP contribution in [0.1, 0.15) is 25.3 Å². The Morgan fingerprint density at radius 3 is 2.76 bits per heavy atom. The molecular formula is C12H14ClNO3. The van der Waals surface area contributed by atoms with E-state index >= 15 is 0 Å². The first-order chi connectivity index (χ1) is 8.06. The van der Waals surface area contributed by atoms with Gasteiger partial charge in [-0.15, -0.1) is 0 Å². The third kappa shape index (κ3) is 1.40. The summed E-state index contributed by atoms with van der Waals surface area (Å²) >= 11 is 6.01. The molecular weight excluding hydrogens is 242 g/mol. The maximum Gasteiger partial charge on any atom is 0.231 e. The average molecular weight is 256 g/mol. The molecule has 1 unspecified atom stereocenters. The third-order valence-corrected chi connectivity index (χ3v) is 4.04. The van der Waals surface area contributed by atoms with Crippen molar-refractivity contribution in [2.75, 3.05) is 6.79 Å². The van der Waals surface area contributed by atoms with Crippen LogP contribution >= 0.6 is 11.6 Å². The van der Waals surface area contributed by atoms with Crippen molar-refractivity contribution in [3.05, 3.63) is 16.7 Å². The fourth-order valence-electron chi connectivity index (χ4n) is 2.53. The molecule has 1 aromatic rings. The molecule has 0 aromatic heterocycles. The summed E-state index contributed by atoms with van der Waals surface area (Å²) in [6, 6.07) is 1.53. The highest BCUT2D eigenvalue weighted by Gasteiger charge is 2.52. The molecule has 0 bridgehead atoms. The van der Waals surface area contributed by atoms with E-state index in [1.165, 1.54) is 0 Å². The van der Waals surface area contributed by atoms with E-state index in [1.807, 2.05) is 6.92 Å². The summed E-state index contributed by atoms with van der Waals surface area (Å²) in [5, 5.41) is 10.5. The molecule has 1 aliphatic carbocycles. The fraction of sp³-hybridized carbons (Fsp3) is 0.500. The number of ether oxygens (including phenoxy) is 2. The Bertz CT molecular complexity index is 483. The number of nitrogens with two attached hydrogens (primary N) is 1. The molecule has 1 fully saturated rings. The zero-order valence-corrected chi connectivity index (χ0v) is 10.3. The van der Waals surface area contributed by atoms with Gasteiger partial charge < -0.3 is 20.3 Å². The molecule has 1 heterocycles. The Labute approximate surface area is 104 Å². The van der Waals surface area contributed by atoms with Crippen molar-refractivity contribution < 1.29 is 14.6 Å². The zero-order chi connectivity index (χ0) is 12.2. The number of phenols is 1. The molecule has 17 heavy (non-hydrogen) atoms. The molecule has 2 aliphatic rings. The first-order valence-corrected chi connectivity index (χ1v) is 6.01. The van der Waals surface area contributed by atoms with E-state index in [0.717, 1.165) is 12.8 Å². The van der Waals surface area contributed by atoms with Crippen LogP contribution in [0.2, 0.25) is 5.02 Å². The second-order valence-electron chi connectivity index (χ2n) is 4.76. The molecule has 0 radical (unpaired) electrons. The molecule has 5 heteroatoms. The van der Waals surface area contributed by atoms with Crippen molar-refractivity contribution in [1.29, 1.82) is 0 Å². The van der Waals surface area contributed by atoms with E-state index in [0.29, 0.717) is 17.1 Å². The Hall–Kier alpha value is -1.13. The number of hydrogen-bond acceptors (Lipinski definition) is 4. The Morgan fingerprint density at radius 2 is 2.18 bits per heavy atom. The summed E-state index contributed by atoms with van der Waals surface area (Å²) in [6.45, 7) is 2.10. The van der Waals surface area contributed by atoms with Crippen molar-refractivity contribution in [3.8, 4) is 17.2 Å². The van der Waals surface area contributed by atoms with Gasteiger partial charge in [0.05, 0.1) is 5.02 Å². The monoisotopic (exact) mass is 255 g/mol. The highest BCUT2D eigenvalue weighted by atomic mass is 35.5. The minimum absolute atomic E-state index is 0.0554. The van der Waals surface area contributed by atoms with Crippen molar-refractivity contribution in [1.82, 2.24) is 0 Å². The van der Waals surface area contributed by atoms with Crippen LogP contribution in [0.3, 0.4) is 0 Å². The lowest BCUT2D eigenvalue weighted by atomic mass is 9.87. The number of aromatic hydroxyl groups is 1. The summed E-state index contributed by atoms with van der Waals surface area (Å²) in [5.74, 6) is 1.27. The largest absolute Gasteiger partial charge is 0.506 e. The Balaban J connectivity index is 2.22. The summed E-state index contributed by atoms with van der Waals surface area (Å²) in [5.41, 5.74) is 6.53. The van der Waals surface area contributed by atoms with E-state index < -0.39 is 0 Å². The van der Waals surface area contributed by atoms with Gasteiger partial charge >= 0.3 is 0 Å². The number of phenolic OH excluding ortho intramolecular Hbond substituents is 1. The van der Waals surface area contributed by atoms with Gasteiger partial charge in [-0.1, -0.05) is 11.6 Å². The lowest BCUT2D eigenvalue weighted by Gasteiger charge is -2.23. The molecule has 3 N–H and O–H groups in total. The van der Waals surface area contributed by atoms with Gasteiger partial charge in [0, 0.05) is 23.1 Å². The average Bonchev–Trinajstić information content (AvgIpc) is 2.95. The summed E-state index contributed by atoms with van der Waals surface area (Å²) in [6.07, 6.45) is 1.88. The fourth-order valence-corrected chi connectivity index (χ4v) is 2.72. The highest BCUT2D eigenvalue weighted by molar-refractivity contribution is 6.32. The zero-order valence-electron chi connectivity index (χ0n) is 9.50. The molecule has 1 atom stereocenters. The van der Waals surface area contributed by atoms with E-state index in [2.05, 4.69) is 0 Å². The molecule has 0 amide bonds. The number of halogens is 1. The Kier molecular flexibility index (Phi) is 2.22.